The Labute approximate surface area is 91.4 Å². The molecule has 0 aliphatic carbocycles. The number of carboxylic acid groups (broad SMARTS) is 1. The lowest BCUT2D eigenvalue weighted by atomic mass is 9.86. The van der Waals surface area contributed by atoms with Crippen molar-refractivity contribution in [2.24, 2.45) is 17.6 Å². The summed E-state index contributed by atoms with van der Waals surface area (Å²) in [5, 5.41) is 8.80. The monoisotopic (exact) mass is 214 g/mol. The summed E-state index contributed by atoms with van der Waals surface area (Å²) in [7, 11) is 0. The molecule has 0 saturated carbocycles. The van der Waals surface area contributed by atoms with Crippen molar-refractivity contribution in [2.45, 2.75) is 39.2 Å². The molecule has 3 N–H and O–H groups in total. The van der Waals surface area contributed by atoms with Gasteiger partial charge in [-0.05, 0) is 31.1 Å². The maximum absolute atomic E-state index is 10.7. The van der Waals surface area contributed by atoms with Crippen LogP contribution in [0.4, 0.5) is 4.79 Å². The molecule has 1 aliphatic rings. The molecule has 1 atom stereocenters. The van der Waals surface area contributed by atoms with Crippen LogP contribution in [0.15, 0.2) is 0 Å². The van der Waals surface area contributed by atoms with Gasteiger partial charge in [0.2, 0.25) is 0 Å². The van der Waals surface area contributed by atoms with Gasteiger partial charge in [-0.25, -0.2) is 4.79 Å². The lowest BCUT2D eigenvalue weighted by Gasteiger charge is -2.33. The van der Waals surface area contributed by atoms with Gasteiger partial charge in [0.1, 0.15) is 0 Å². The fourth-order valence-electron chi connectivity index (χ4n) is 2.26. The van der Waals surface area contributed by atoms with Crippen molar-refractivity contribution in [2.75, 3.05) is 13.1 Å². The average molecular weight is 214 g/mol. The Balaban J connectivity index is 2.33. The van der Waals surface area contributed by atoms with Crippen LogP contribution in [0.3, 0.4) is 0 Å². The maximum Gasteiger partial charge on any atom is 0.407 e. The third-order valence-electron chi connectivity index (χ3n) is 3.16. The van der Waals surface area contributed by atoms with E-state index >= 15 is 0 Å². The van der Waals surface area contributed by atoms with E-state index in [-0.39, 0.29) is 6.04 Å². The molecule has 88 valence electrons. The topological polar surface area (TPSA) is 66.6 Å². The quantitative estimate of drug-likeness (QED) is 0.752. The summed E-state index contributed by atoms with van der Waals surface area (Å²) in [4.78, 5) is 12.2. The zero-order valence-electron chi connectivity index (χ0n) is 9.65. The van der Waals surface area contributed by atoms with Gasteiger partial charge < -0.3 is 15.7 Å². The highest BCUT2D eigenvalue weighted by Crippen LogP contribution is 2.23. The number of rotatable bonds is 3. The van der Waals surface area contributed by atoms with Gasteiger partial charge in [0.25, 0.3) is 0 Å². The van der Waals surface area contributed by atoms with Crippen LogP contribution in [0.1, 0.15) is 33.1 Å². The number of piperidine rings is 1. The van der Waals surface area contributed by atoms with Crippen molar-refractivity contribution in [3.63, 3.8) is 0 Å². The lowest BCUT2D eigenvalue weighted by molar-refractivity contribution is 0.118. The van der Waals surface area contributed by atoms with Gasteiger partial charge in [0, 0.05) is 19.1 Å². The van der Waals surface area contributed by atoms with E-state index in [1.807, 2.05) is 0 Å². The molecule has 1 saturated heterocycles. The summed E-state index contributed by atoms with van der Waals surface area (Å²) in [6.45, 7) is 5.63. The van der Waals surface area contributed by atoms with Gasteiger partial charge in [0.05, 0.1) is 0 Å². The van der Waals surface area contributed by atoms with E-state index in [4.69, 9.17) is 10.8 Å². The summed E-state index contributed by atoms with van der Waals surface area (Å²) >= 11 is 0. The van der Waals surface area contributed by atoms with E-state index < -0.39 is 6.09 Å². The number of hydrogen-bond acceptors (Lipinski definition) is 2. The molecule has 1 heterocycles. The number of nitrogens with two attached hydrogens (primary N) is 1. The first-order valence-corrected chi connectivity index (χ1v) is 5.74. The van der Waals surface area contributed by atoms with Crippen LogP contribution in [0.25, 0.3) is 0 Å². The van der Waals surface area contributed by atoms with E-state index in [2.05, 4.69) is 13.8 Å². The van der Waals surface area contributed by atoms with Crippen molar-refractivity contribution in [3.8, 4) is 0 Å². The first-order valence-electron chi connectivity index (χ1n) is 5.74. The average Bonchev–Trinajstić information content (AvgIpc) is 2.17. The molecule has 15 heavy (non-hydrogen) atoms. The highest BCUT2D eigenvalue weighted by Gasteiger charge is 2.26. The number of nitrogens with zero attached hydrogens (tertiary/aromatic N) is 1. The second-order valence-corrected chi connectivity index (χ2v) is 4.90. The van der Waals surface area contributed by atoms with Crippen LogP contribution in [0.2, 0.25) is 0 Å². The van der Waals surface area contributed by atoms with Gasteiger partial charge in [-0.2, -0.15) is 0 Å². The molecule has 0 unspecified atom stereocenters. The molecule has 0 radical (unpaired) electrons. The fourth-order valence-corrected chi connectivity index (χ4v) is 2.26. The predicted molar refractivity (Wildman–Crippen MR) is 59.8 cm³/mol. The van der Waals surface area contributed by atoms with Gasteiger partial charge in [-0.3, -0.25) is 0 Å². The molecule has 1 fully saturated rings. The SMILES string of the molecule is CC(C)C[C@H](N)C1CCN(C(=O)O)CC1. The van der Waals surface area contributed by atoms with Crippen LogP contribution >= 0.6 is 0 Å². The molecule has 1 aliphatic heterocycles. The number of amides is 1. The molecule has 0 spiro atoms. The van der Waals surface area contributed by atoms with Crippen molar-refractivity contribution >= 4 is 6.09 Å². The molecular weight excluding hydrogens is 192 g/mol. The first kappa shape index (κ1) is 12.3. The maximum atomic E-state index is 10.7. The lowest BCUT2D eigenvalue weighted by Crippen LogP contribution is -2.43. The number of hydrogen-bond donors (Lipinski definition) is 2. The van der Waals surface area contributed by atoms with Gasteiger partial charge >= 0.3 is 6.09 Å². The van der Waals surface area contributed by atoms with Crippen LogP contribution in [-0.4, -0.2) is 35.2 Å². The second kappa shape index (κ2) is 5.35. The van der Waals surface area contributed by atoms with Gasteiger partial charge in [-0.1, -0.05) is 13.8 Å². The molecule has 0 aromatic carbocycles. The minimum atomic E-state index is -0.800. The van der Waals surface area contributed by atoms with E-state index in [0.717, 1.165) is 19.3 Å². The third-order valence-corrected chi connectivity index (χ3v) is 3.16. The smallest absolute Gasteiger partial charge is 0.407 e. The highest BCUT2D eigenvalue weighted by molar-refractivity contribution is 5.64. The fraction of sp³-hybridized carbons (Fsp3) is 0.909. The van der Waals surface area contributed by atoms with Crippen LogP contribution in [0.5, 0.6) is 0 Å². The molecule has 0 bridgehead atoms. The highest BCUT2D eigenvalue weighted by atomic mass is 16.4. The number of carbonyl (C=O) groups is 1. The van der Waals surface area contributed by atoms with E-state index in [1.165, 1.54) is 4.90 Å². The summed E-state index contributed by atoms with van der Waals surface area (Å²) < 4.78 is 0. The summed E-state index contributed by atoms with van der Waals surface area (Å²) in [5.41, 5.74) is 6.10. The predicted octanol–water partition coefficient (Wildman–Crippen LogP) is 1.75. The molecule has 4 nitrogen and oxygen atoms in total. The molecular formula is C11H22N2O2. The summed E-state index contributed by atoms with van der Waals surface area (Å²) in [5.74, 6) is 1.13. The summed E-state index contributed by atoms with van der Waals surface area (Å²) in [6, 6.07) is 0.237. The largest absolute Gasteiger partial charge is 0.465 e. The van der Waals surface area contributed by atoms with Gasteiger partial charge in [0.15, 0.2) is 0 Å². The minimum Gasteiger partial charge on any atom is -0.465 e. The van der Waals surface area contributed by atoms with Crippen molar-refractivity contribution in [3.05, 3.63) is 0 Å². The Morgan fingerprint density at radius 1 is 1.47 bits per heavy atom. The van der Waals surface area contributed by atoms with Crippen LogP contribution in [0, 0.1) is 11.8 Å². The Hall–Kier alpha value is -0.770. The second-order valence-electron chi connectivity index (χ2n) is 4.90. The standard InChI is InChI=1S/C11H22N2O2/c1-8(2)7-10(12)9-3-5-13(6-4-9)11(14)15/h8-10H,3-7,12H2,1-2H3,(H,14,15)/t10-/m0/s1. The zero-order chi connectivity index (χ0) is 11.4. The molecule has 4 heteroatoms. The number of likely N-dealkylation sites (tertiary alicyclic amines) is 1. The Morgan fingerprint density at radius 3 is 2.40 bits per heavy atom. The minimum absolute atomic E-state index is 0.237. The molecule has 0 aromatic heterocycles. The Bertz CT molecular complexity index is 211. The normalized spacial score (nSPS) is 20.7. The van der Waals surface area contributed by atoms with E-state index in [0.29, 0.717) is 24.9 Å². The van der Waals surface area contributed by atoms with Crippen molar-refractivity contribution < 1.29 is 9.90 Å². The first-order chi connectivity index (χ1) is 7.00. The van der Waals surface area contributed by atoms with Crippen molar-refractivity contribution in [1.82, 2.24) is 4.90 Å². The molecule has 0 aromatic rings. The van der Waals surface area contributed by atoms with E-state index in [9.17, 15) is 4.79 Å². The molecule has 1 rings (SSSR count). The zero-order valence-corrected chi connectivity index (χ0v) is 9.65. The molecule has 1 amide bonds. The van der Waals surface area contributed by atoms with Crippen LogP contribution < -0.4 is 5.73 Å². The van der Waals surface area contributed by atoms with Gasteiger partial charge in [-0.15, -0.1) is 0 Å². The summed E-state index contributed by atoms with van der Waals surface area (Å²) in [6.07, 6.45) is 2.07. The van der Waals surface area contributed by atoms with Crippen LogP contribution in [-0.2, 0) is 0 Å². The van der Waals surface area contributed by atoms with E-state index in [1.54, 1.807) is 0 Å². The third kappa shape index (κ3) is 3.70. The Morgan fingerprint density at radius 2 is 2.00 bits per heavy atom. The van der Waals surface area contributed by atoms with Crippen molar-refractivity contribution in [1.29, 1.82) is 0 Å². The Kier molecular flexibility index (Phi) is 4.39.